The van der Waals surface area contributed by atoms with Crippen LogP contribution in [0, 0.1) is 0 Å². The number of hydrogen-bond acceptors (Lipinski definition) is 5. The second kappa shape index (κ2) is 10.1. The van der Waals surface area contributed by atoms with Gasteiger partial charge in [-0.05, 0) is 62.6 Å². The smallest absolute Gasteiger partial charge is 0.387 e. The number of nitrogens with zero attached hydrogens (tertiary/aromatic N) is 1. The molecule has 8 heteroatoms. The fourth-order valence-corrected chi connectivity index (χ4v) is 3.43. The summed E-state index contributed by atoms with van der Waals surface area (Å²) in [6.07, 6.45) is 3.69. The number of rotatable bonds is 8. The summed E-state index contributed by atoms with van der Waals surface area (Å²) in [6.45, 7) is 0.843. The number of alkyl halides is 2. The summed E-state index contributed by atoms with van der Waals surface area (Å²) in [5.41, 5.74) is 2.32. The van der Waals surface area contributed by atoms with Crippen LogP contribution in [0.2, 0.25) is 0 Å². The minimum atomic E-state index is -2.97. The topological polar surface area (TPSA) is 62.8 Å². The van der Waals surface area contributed by atoms with E-state index < -0.39 is 12.7 Å². The number of hydrogen-bond donors (Lipinski definition) is 2. The Hall–Kier alpha value is -3.03. The van der Waals surface area contributed by atoms with Gasteiger partial charge in [0.25, 0.3) is 0 Å². The Morgan fingerprint density at radius 3 is 2.30 bits per heavy atom. The average molecular weight is 419 g/mol. The highest BCUT2D eigenvalue weighted by molar-refractivity contribution is 5.96. The van der Waals surface area contributed by atoms with Crippen molar-refractivity contribution < 1.29 is 23.0 Å². The van der Waals surface area contributed by atoms with Gasteiger partial charge in [-0.2, -0.15) is 8.78 Å². The molecule has 1 amide bonds. The number of ether oxygens (including phenoxy) is 2. The SMILES string of the molecule is COc1ccc(N[C@H](C)C(=O)Nc2ccc(N3CCCCC3)cc2)cc1OC(F)F. The maximum absolute atomic E-state index is 12.6. The van der Waals surface area contributed by atoms with E-state index in [1.807, 2.05) is 24.3 Å². The first-order valence-electron chi connectivity index (χ1n) is 10.0. The highest BCUT2D eigenvalue weighted by Gasteiger charge is 2.16. The van der Waals surface area contributed by atoms with Crippen LogP contribution in [0.5, 0.6) is 11.5 Å². The van der Waals surface area contributed by atoms with E-state index in [9.17, 15) is 13.6 Å². The van der Waals surface area contributed by atoms with Gasteiger partial charge in [0, 0.05) is 36.2 Å². The lowest BCUT2D eigenvalue weighted by Gasteiger charge is -2.28. The zero-order valence-corrected chi connectivity index (χ0v) is 17.2. The third kappa shape index (κ3) is 5.75. The van der Waals surface area contributed by atoms with Crippen LogP contribution in [0.15, 0.2) is 42.5 Å². The molecule has 1 aliphatic rings. The van der Waals surface area contributed by atoms with Crippen molar-refractivity contribution in [2.75, 3.05) is 35.7 Å². The summed E-state index contributed by atoms with van der Waals surface area (Å²) in [4.78, 5) is 14.9. The molecule has 3 rings (SSSR count). The normalized spacial score (nSPS) is 14.9. The van der Waals surface area contributed by atoms with Crippen LogP contribution < -0.4 is 25.0 Å². The van der Waals surface area contributed by atoms with Crippen LogP contribution >= 0.6 is 0 Å². The summed E-state index contributed by atoms with van der Waals surface area (Å²) in [7, 11) is 1.37. The molecule has 162 valence electrons. The zero-order valence-electron chi connectivity index (χ0n) is 17.2. The molecule has 0 unspecified atom stereocenters. The van der Waals surface area contributed by atoms with E-state index in [4.69, 9.17) is 4.74 Å². The molecule has 6 nitrogen and oxygen atoms in total. The van der Waals surface area contributed by atoms with Gasteiger partial charge in [-0.1, -0.05) is 0 Å². The molecule has 0 spiro atoms. The van der Waals surface area contributed by atoms with Crippen molar-refractivity contribution in [3.8, 4) is 11.5 Å². The average Bonchev–Trinajstić information content (AvgIpc) is 2.74. The first-order chi connectivity index (χ1) is 14.5. The number of benzene rings is 2. The zero-order chi connectivity index (χ0) is 21.5. The molecular formula is C22H27F2N3O3. The minimum Gasteiger partial charge on any atom is -0.493 e. The summed E-state index contributed by atoms with van der Waals surface area (Å²) < 4.78 is 34.7. The molecule has 0 saturated carbocycles. The van der Waals surface area contributed by atoms with Gasteiger partial charge in [-0.15, -0.1) is 0 Å². The minimum absolute atomic E-state index is 0.0987. The molecule has 2 N–H and O–H groups in total. The van der Waals surface area contributed by atoms with Crippen molar-refractivity contribution in [1.82, 2.24) is 0 Å². The van der Waals surface area contributed by atoms with Crippen molar-refractivity contribution in [3.63, 3.8) is 0 Å². The monoisotopic (exact) mass is 419 g/mol. The Labute approximate surface area is 175 Å². The number of carbonyl (C=O) groups is 1. The number of methoxy groups -OCH3 is 1. The molecule has 1 atom stereocenters. The molecule has 0 aliphatic carbocycles. The third-order valence-corrected chi connectivity index (χ3v) is 5.01. The predicted molar refractivity (Wildman–Crippen MR) is 114 cm³/mol. The largest absolute Gasteiger partial charge is 0.493 e. The Morgan fingerprint density at radius 2 is 1.67 bits per heavy atom. The van der Waals surface area contributed by atoms with E-state index in [1.165, 1.54) is 38.5 Å². The molecule has 2 aromatic rings. The number of piperidine rings is 1. The molecule has 1 saturated heterocycles. The third-order valence-electron chi connectivity index (χ3n) is 5.01. The fourth-order valence-electron chi connectivity index (χ4n) is 3.43. The van der Waals surface area contributed by atoms with Crippen molar-refractivity contribution in [1.29, 1.82) is 0 Å². The van der Waals surface area contributed by atoms with E-state index >= 15 is 0 Å². The first kappa shape index (κ1) is 21.7. The van der Waals surface area contributed by atoms with Gasteiger partial charge in [0.1, 0.15) is 6.04 Å². The van der Waals surface area contributed by atoms with Gasteiger partial charge in [-0.25, -0.2) is 0 Å². The Morgan fingerprint density at radius 1 is 1.00 bits per heavy atom. The van der Waals surface area contributed by atoms with E-state index in [-0.39, 0.29) is 17.4 Å². The standard InChI is InChI=1S/C22H27F2N3O3/c1-15(25-17-8-11-19(29-2)20(14-17)30-22(23)24)21(28)26-16-6-9-18(10-7-16)27-12-4-3-5-13-27/h6-11,14-15,22,25H,3-5,12-13H2,1-2H3,(H,26,28)/t15-/m1/s1. The van der Waals surface area contributed by atoms with Crippen LogP contribution in [0.4, 0.5) is 25.8 Å². The summed E-state index contributed by atoms with van der Waals surface area (Å²) in [5.74, 6) is -0.155. The molecule has 30 heavy (non-hydrogen) atoms. The predicted octanol–water partition coefficient (Wildman–Crippen LogP) is 4.73. The van der Waals surface area contributed by atoms with Gasteiger partial charge >= 0.3 is 6.61 Å². The molecule has 2 aromatic carbocycles. The highest BCUT2D eigenvalue weighted by Crippen LogP contribution is 2.31. The van der Waals surface area contributed by atoms with Crippen molar-refractivity contribution in [2.45, 2.75) is 38.8 Å². The number of anilines is 3. The van der Waals surface area contributed by atoms with Gasteiger partial charge in [-0.3, -0.25) is 4.79 Å². The van der Waals surface area contributed by atoms with Gasteiger partial charge in [0.05, 0.1) is 7.11 Å². The summed E-state index contributed by atoms with van der Waals surface area (Å²) >= 11 is 0. The van der Waals surface area contributed by atoms with Crippen LogP contribution in [-0.4, -0.2) is 38.8 Å². The van der Waals surface area contributed by atoms with E-state index in [1.54, 1.807) is 13.0 Å². The maximum Gasteiger partial charge on any atom is 0.387 e. The Kier molecular flexibility index (Phi) is 7.32. The van der Waals surface area contributed by atoms with Crippen LogP contribution in [-0.2, 0) is 4.79 Å². The molecule has 0 aromatic heterocycles. The second-order valence-corrected chi connectivity index (χ2v) is 7.19. The van der Waals surface area contributed by atoms with Crippen molar-refractivity contribution in [3.05, 3.63) is 42.5 Å². The molecule has 0 radical (unpaired) electrons. The van der Waals surface area contributed by atoms with Gasteiger partial charge < -0.3 is 25.0 Å². The van der Waals surface area contributed by atoms with Crippen molar-refractivity contribution >= 4 is 23.0 Å². The van der Waals surface area contributed by atoms with Gasteiger partial charge in [0.15, 0.2) is 11.5 Å². The second-order valence-electron chi connectivity index (χ2n) is 7.19. The molecule has 1 fully saturated rings. The lowest BCUT2D eigenvalue weighted by Crippen LogP contribution is -2.32. The number of halogens is 2. The quantitative estimate of drug-likeness (QED) is 0.648. The van der Waals surface area contributed by atoms with Crippen LogP contribution in [0.25, 0.3) is 0 Å². The molecular weight excluding hydrogens is 392 g/mol. The van der Waals surface area contributed by atoms with E-state index in [0.717, 1.165) is 18.8 Å². The van der Waals surface area contributed by atoms with E-state index in [2.05, 4.69) is 20.3 Å². The highest BCUT2D eigenvalue weighted by atomic mass is 19.3. The molecule has 1 heterocycles. The number of amides is 1. The molecule has 0 bridgehead atoms. The van der Waals surface area contributed by atoms with Crippen molar-refractivity contribution in [2.24, 2.45) is 0 Å². The summed E-state index contributed by atoms with van der Waals surface area (Å²) in [5, 5.41) is 5.85. The van der Waals surface area contributed by atoms with Crippen LogP contribution in [0.3, 0.4) is 0 Å². The lowest BCUT2D eigenvalue weighted by atomic mass is 10.1. The Bertz CT molecular complexity index is 840. The number of nitrogens with one attached hydrogen (secondary N) is 2. The Balaban J connectivity index is 1.59. The van der Waals surface area contributed by atoms with Crippen LogP contribution in [0.1, 0.15) is 26.2 Å². The first-order valence-corrected chi connectivity index (χ1v) is 10.0. The van der Waals surface area contributed by atoms with E-state index in [0.29, 0.717) is 11.4 Å². The maximum atomic E-state index is 12.6. The summed E-state index contributed by atoms with van der Waals surface area (Å²) in [6, 6.07) is 11.7. The lowest BCUT2D eigenvalue weighted by molar-refractivity contribution is -0.116. The molecule has 1 aliphatic heterocycles. The number of carbonyl (C=O) groups excluding carboxylic acids is 1. The fraction of sp³-hybridized carbons (Fsp3) is 0.409. The van der Waals surface area contributed by atoms with Gasteiger partial charge in [0.2, 0.25) is 5.91 Å².